The van der Waals surface area contributed by atoms with Crippen LogP contribution < -0.4 is 14.9 Å². The highest BCUT2D eigenvalue weighted by atomic mass is 32.2. The van der Waals surface area contributed by atoms with Gasteiger partial charge in [-0.25, -0.2) is 4.79 Å². The molecule has 3 amide bonds. The Bertz CT molecular complexity index is 1440. The summed E-state index contributed by atoms with van der Waals surface area (Å²) in [7, 11) is 0. The number of amides is 3. The van der Waals surface area contributed by atoms with Gasteiger partial charge in [0.05, 0.1) is 29.6 Å². The van der Waals surface area contributed by atoms with E-state index >= 15 is 0 Å². The maximum Gasteiger partial charge on any atom is 0.323 e. The second kappa shape index (κ2) is 16.6. The summed E-state index contributed by atoms with van der Waals surface area (Å²) >= 11 is 1.73. The number of urea groups is 1. The summed E-state index contributed by atoms with van der Waals surface area (Å²) in [5.74, 6) is 0.0354. The standard InChI is InChI=1S/C36H50N8O3S/c1-3-14-40-15-5-16-41(20-19-40)33-27-34(42-23-25-47-26-24-42)48-44(28-33)32-12-10-31(11-13-32)38-36(46)37-30-8-6-29(7-9-30)35(45)43-21-17-39(4-2)18-22-43/h6-13,27-28H,3-5,14-26H2,1-2H3,(H2,37,38,46). The van der Waals surface area contributed by atoms with Gasteiger partial charge in [-0.2, -0.15) is 0 Å². The molecular formula is C36H50N8O3S. The van der Waals surface area contributed by atoms with Gasteiger partial charge in [0.2, 0.25) is 0 Å². The number of carbonyl (C=O) groups excluding carboxylic acids is 2. The molecule has 0 unspecified atom stereocenters. The van der Waals surface area contributed by atoms with E-state index in [1.54, 1.807) is 36.2 Å². The van der Waals surface area contributed by atoms with Crippen LogP contribution in [0.3, 0.4) is 0 Å². The number of piperazine rings is 1. The fourth-order valence-electron chi connectivity index (χ4n) is 6.57. The van der Waals surface area contributed by atoms with Gasteiger partial charge in [-0.1, -0.05) is 13.8 Å². The topological polar surface area (TPSA) is 86.9 Å². The van der Waals surface area contributed by atoms with E-state index in [2.05, 4.69) is 60.7 Å². The number of morpholine rings is 1. The molecule has 11 nitrogen and oxygen atoms in total. The number of anilines is 3. The van der Waals surface area contributed by atoms with Crippen LogP contribution in [0.25, 0.3) is 0 Å². The molecule has 0 aromatic heterocycles. The number of hydrogen-bond donors (Lipinski definition) is 2. The molecule has 2 aromatic rings. The summed E-state index contributed by atoms with van der Waals surface area (Å²) in [4.78, 5) is 37.6. The van der Waals surface area contributed by atoms with Crippen LogP contribution in [0.2, 0.25) is 0 Å². The van der Waals surface area contributed by atoms with Crippen molar-refractivity contribution in [2.45, 2.75) is 26.7 Å². The van der Waals surface area contributed by atoms with Gasteiger partial charge in [0, 0.05) is 94.0 Å². The predicted octanol–water partition coefficient (Wildman–Crippen LogP) is 5.01. The number of benzene rings is 2. The zero-order valence-corrected chi connectivity index (χ0v) is 29.2. The minimum Gasteiger partial charge on any atom is -0.378 e. The first-order chi connectivity index (χ1) is 23.5. The lowest BCUT2D eigenvalue weighted by molar-refractivity contribution is 0.0575. The van der Waals surface area contributed by atoms with Crippen molar-refractivity contribution in [1.29, 1.82) is 0 Å². The Morgan fingerprint density at radius 2 is 1.42 bits per heavy atom. The lowest BCUT2D eigenvalue weighted by Gasteiger charge is -2.37. The zero-order valence-electron chi connectivity index (χ0n) is 28.4. The number of allylic oxidation sites excluding steroid dienone is 1. The quantitative estimate of drug-likeness (QED) is 0.357. The fraction of sp³-hybridized carbons (Fsp3) is 0.500. The smallest absolute Gasteiger partial charge is 0.323 e. The number of nitrogens with zero attached hydrogens (tertiary/aromatic N) is 6. The number of hydrogen-bond acceptors (Lipinski definition) is 9. The first-order valence-corrected chi connectivity index (χ1v) is 18.3. The molecule has 0 atom stereocenters. The summed E-state index contributed by atoms with van der Waals surface area (Å²) in [5, 5.41) is 7.07. The Morgan fingerprint density at radius 1 is 0.750 bits per heavy atom. The number of likely N-dealkylation sites (N-methyl/N-ethyl adjacent to an activating group) is 1. The molecule has 3 saturated heterocycles. The van der Waals surface area contributed by atoms with E-state index in [4.69, 9.17) is 4.74 Å². The van der Waals surface area contributed by atoms with Gasteiger partial charge in [-0.3, -0.25) is 9.10 Å². The Hall–Kier alpha value is -3.71. The van der Waals surface area contributed by atoms with Crippen LogP contribution in [0.5, 0.6) is 0 Å². The highest BCUT2D eigenvalue weighted by Crippen LogP contribution is 2.37. The summed E-state index contributed by atoms with van der Waals surface area (Å²) in [5.41, 5.74) is 4.25. The molecule has 258 valence electrons. The molecule has 0 radical (unpaired) electrons. The molecule has 48 heavy (non-hydrogen) atoms. The highest BCUT2D eigenvalue weighted by Gasteiger charge is 2.25. The zero-order chi connectivity index (χ0) is 33.3. The summed E-state index contributed by atoms with van der Waals surface area (Å²) < 4.78 is 7.89. The Morgan fingerprint density at radius 3 is 2.08 bits per heavy atom. The molecule has 12 heteroatoms. The van der Waals surface area contributed by atoms with E-state index in [0.29, 0.717) is 16.9 Å². The Balaban J connectivity index is 1.07. The minimum absolute atomic E-state index is 0.0354. The highest BCUT2D eigenvalue weighted by molar-refractivity contribution is 8.04. The second-order valence-electron chi connectivity index (χ2n) is 12.7. The van der Waals surface area contributed by atoms with E-state index < -0.39 is 0 Å². The average Bonchev–Trinajstić information content (AvgIpc) is 3.38. The van der Waals surface area contributed by atoms with Crippen molar-refractivity contribution in [3.63, 3.8) is 0 Å². The first-order valence-electron chi connectivity index (χ1n) is 17.5. The van der Waals surface area contributed by atoms with Gasteiger partial charge in [0.15, 0.2) is 0 Å². The number of carbonyl (C=O) groups is 2. The van der Waals surface area contributed by atoms with Crippen molar-refractivity contribution >= 4 is 40.9 Å². The largest absolute Gasteiger partial charge is 0.378 e. The molecule has 0 saturated carbocycles. The minimum atomic E-state index is -0.331. The SMILES string of the molecule is CCCN1CCCN(C2=CN(c3ccc(NC(=O)Nc4ccc(C(=O)N5CCN(CC)CC5)cc4)cc3)SC(N3CCOCC3)=C2)CC1. The molecule has 0 spiro atoms. The van der Waals surface area contributed by atoms with Crippen LogP contribution in [0.1, 0.15) is 37.0 Å². The van der Waals surface area contributed by atoms with Gasteiger partial charge in [0.25, 0.3) is 5.91 Å². The number of ether oxygens (including phenoxy) is 1. The van der Waals surface area contributed by atoms with E-state index in [-0.39, 0.29) is 11.9 Å². The lowest BCUT2D eigenvalue weighted by Crippen LogP contribution is -2.48. The van der Waals surface area contributed by atoms with Gasteiger partial charge < -0.3 is 39.9 Å². The third-order valence-corrected chi connectivity index (χ3v) is 10.5. The Kier molecular flexibility index (Phi) is 11.8. The van der Waals surface area contributed by atoms with Crippen molar-refractivity contribution in [2.75, 3.05) is 107 Å². The van der Waals surface area contributed by atoms with E-state index in [0.717, 1.165) is 104 Å². The summed E-state index contributed by atoms with van der Waals surface area (Å²) in [6.45, 7) is 17.4. The van der Waals surface area contributed by atoms with Crippen LogP contribution in [0.4, 0.5) is 21.9 Å². The maximum atomic E-state index is 12.9. The van der Waals surface area contributed by atoms with Crippen molar-refractivity contribution in [1.82, 2.24) is 24.5 Å². The van der Waals surface area contributed by atoms with Crippen LogP contribution in [0, 0.1) is 0 Å². The van der Waals surface area contributed by atoms with Crippen molar-refractivity contribution in [3.8, 4) is 0 Å². The van der Waals surface area contributed by atoms with E-state index in [1.165, 1.54) is 17.1 Å². The maximum absolute atomic E-state index is 12.9. The van der Waals surface area contributed by atoms with Gasteiger partial charge in [0.1, 0.15) is 0 Å². The van der Waals surface area contributed by atoms with Gasteiger partial charge in [-0.05, 0) is 87.1 Å². The van der Waals surface area contributed by atoms with Crippen LogP contribution >= 0.6 is 11.9 Å². The van der Waals surface area contributed by atoms with Crippen LogP contribution in [0.15, 0.2) is 71.5 Å². The van der Waals surface area contributed by atoms with Gasteiger partial charge in [-0.15, -0.1) is 0 Å². The molecule has 2 N–H and O–H groups in total. The predicted molar refractivity (Wildman–Crippen MR) is 195 cm³/mol. The molecule has 0 bridgehead atoms. The molecule has 4 heterocycles. The summed E-state index contributed by atoms with van der Waals surface area (Å²) in [6.07, 6.45) is 6.94. The second-order valence-corrected chi connectivity index (χ2v) is 13.7. The molecule has 4 aliphatic heterocycles. The lowest BCUT2D eigenvalue weighted by atomic mass is 10.1. The van der Waals surface area contributed by atoms with Crippen LogP contribution in [-0.4, -0.2) is 128 Å². The third-order valence-electron chi connectivity index (χ3n) is 9.41. The number of rotatable bonds is 9. The fourth-order valence-corrected chi connectivity index (χ4v) is 7.63. The first kappa shape index (κ1) is 34.2. The van der Waals surface area contributed by atoms with Crippen molar-refractivity contribution < 1.29 is 14.3 Å². The monoisotopic (exact) mass is 674 g/mol. The molecule has 0 aliphatic carbocycles. The van der Waals surface area contributed by atoms with Gasteiger partial charge >= 0.3 is 6.03 Å². The van der Waals surface area contributed by atoms with E-state index in [9.17, 15) is 9.59 Å². The molecule has 2 aromatic carbocycles. The average molecular weight is 675 g/mol. The van der Waals surface area contributed by atoms with Crippen molar-refractivity contribution in [2.24, 2.45) is 0 Å². The number of nitrogens with one attached hydrogen (secondary N) is 2. The molecule has 3 fully saturated rings. The van der Waals surface area contributed by atoms with E-state index in [1.807, 2.05) is 29.2 Å². The molecule has 4 aliphatic rings. The summed E-state index contributed by atoms with van der Waals surface area (Å²) in [6, 6.07) is 14.8. The van der Waals surface area contributed by atoms with Crippen molar-refractivity contribution in [3.05, 3.63) is 77.1 Å². The molecule has 6 rings (SSSR count). The third kappa shape index (κ3) is 8.84. The normalized spacial score (nSPS) is 19.8. The molecular weight excluding hydrogens is 625 g/mol. The Labute approximate surface area is 289 Å². The van der Waals surface area contributed by atoms with Crippen LogP contribution in [-0.2, 0) is 4.74 Å².